The van der Waals surface area contributed by atoms with E-state index in [1.807, 2.05) is 47.4 Å². The summed E-state index contributed by atoms with van der Waals surface area (Å²) in [5.74, 6) is 0.891. The summed E-state index contributed by atoms with van der Waals surface area (Å²) in [6.45, 7) is 2.80. The van der Waals surface area contributed by atoms with Gasteiger partial charge >= 0.3 is 0 Å². The Morgan fingerprint density at radius 3 is 2.52 bits per heavy atom. The quantitative estimate of drug-likeness (QED) is 0.643. The molecule has 4 rings (SSSR count). The topological polar surface area (TPSA) is 45.9 Å². The summed E-state index contributed by atoms with van der Waals surface area (Å²) >= 11 is 6.07. The SMILES string of the molecule is COc1cccc2cc(C(=O)N3CCN(c4cccc(Cl)c4)CC3)oc12.Cl. The summed E-state index contributed by atoms with van der Waals surface area (Å²) < 4.78 is 11.1. The van der Waals surface area contributed by atoms with Crippen LogP contribution in [0.15, 0.2) is 52.9 Å². The van der Waals surface area contributed by atoms with Crippen LogP contribution >= 0.6 is 24.0 Å². The summed E-state index contributed by atoms with van der Waals surface area (Å²) in [6.07, 6.45) is 0. The molecular weight excluding hydrogens is 387 g/mol. The van der Waals surface area contributed by atoms with E-state index in [0.717, 1.165) is 29.2 Å². The zero-order valence-corrected chi connectivity index (χ0v) is 16.4. The van der Waals surface area contributed by atoms with Crippen molar-refractivity contribution < 1.29 is 13.9 Å². The Bertz CT molecular complexity index is 949. The van der Waals surface area contributed by atoms with E-state index >= 15 is 0 Å². The maximum Gasteiger partial charge on any atom is 0.289 e. The molecule has 0 spiro atoms. The van der Waals surface area contributed by atoms with Gasteiger partial charge in [-0.15, -0.1) is 12.4 Å². The number of nitrogens with zero attached hydrogens (tertiary/aromatic N) is 2. The van der Waals surface area contributed by atoms with Gasteiger partial charge in [-0.05, 0) is 30.3 Å². The summed E-state index contributed by atoms with van der Waals surface area (Å²) in [6, 6.07) is 15.2. The Kier molecular flexibility index (Phi) is 5.82. The molecular formula is C20H20Cl2N2O3. The molecule has 27 heavy (non-hydrogen) atoms. The molecule has 2 heterocycles. The number of methoxy groups -OCH3 is 1. The smallest absolute Gasteiger partial charge is 0.289 e. The van der Waals surface area contributed by atoms with Crippen LogP contribution in [-0.2, 0) is 0 Å². The Morgan fingerprint density at radius 1 is 1.07 bits per heavy atom. The van der Waals surface area contributed by atoms with Crippen molar-refractivity contribution in [3.05, 3.63) is 59.3 Å². The van der Waals surface area contributed by atoms with Gasteiger partial charge in [0.15, 0.2) is 17.1 Å². The van der Waals surface area contributed by atoms with Crippen molar-refractivity contribution >= 4 is 46.6 Å². The molecule has 0 saturated carbocycles. The number of fused-ring (bicyclic) bond motifs is 1. The second-order valence-corrected chi connectivity index (χ2v) is 6.68. The highest BCUT2D eigenvalue weighted by molar-refractivity contribution is 6.30. The molecule has 1 amide bonds. The zero-order chi connectivity index (χ0) is 18.1. The van der Waals surface area contributed by atoms with Crippen LogP contribution in [0.4, 0.5) is 5.69 Å². The van der Waals surface area contributed by atoms with Crippen LogP contribution in [-0.4, -0.2) is 44.1 Å². The van der Waals surface area contributed by atoms with Crippen LogP contribution < -0.4 is 9.64 Å². The number of ether oxygens (including phenoxy) is 1. The average molecular weight is 407 g/mol. The van der Waals surface area contributed by atoms with Gasteiger partial charge in [-0.1, -0.05) is 29.8 Å². The lowest BCUT2D eigenvalue weighted by atomic mass is 10.2. The van der Waals surface area contributed by atoms with Crippen molar-refractivity contribution in [1.29, 1.82) is 0 Å². The minimum Gasteiger partial charge on any atom is -0.493 e. The molecule has 3 aromatic rings. The van der Waals surface area contributed by atoms with Crippen molar-refractivity contribution in [2.24, 2.45) is 0 Å². The molecule has 0 atom stereocenters. The predicted octanol–water partition coefficient (Wildman–Crippen LogP) is 4.48. The molecule has 1 saturated heterocycles. The van der Waals surface area contributed by atoms with E-state index < -0.39 is 0 Å². The molecule has 0 N–H and O–H groups in total. The number of furan rings is 1. The lowest BCUT2D eigenvalue weighted by Crippen LogP contribution is -2.48. The molecule has 0 bridgehead atoms. The van der Waals surface area contributed by atoms with Gasteiger partial charge in [-0.3, -0.25) is 4.79 Å². The van der Waals surface area contributed by atoms with E-state index in [-0.39, 0.29) is 18.3 Å². The van der Waals surface area contributed by atoms with E-state index in [2.05, 4.69) is 4.90 Å². The van der Waals surface area contributed by atoms with Crippen LogP contribution in [0.3, 0.4) is 0 Å². The average Bonchev–Trinajstić information content (AvgIpc) is 3.12. The first kappa shape index (κ1) is 19.4. The Hall–Kier alpha value is -2.37. The number of amides is 1. The van der Waals surface area contributed by atoms with Gasteiger partial charge in [-0.25, -0.2) is 0 Å². The van der Waals surface area contributed by atoms with Gasteiger partial charge in [0.2, 0.25) is 0 Å². The molecule has 142 valence electrons. The summed E-state index contributed by atoms with van der Waals surface area (Å²) in [5.41, 5.74) is 1.69. The second-order valence-electron chi connectivity index (χ2n) is 6.25. The van der Waals surface area contributed by atoms with Gasteiger partial charge < -0.3 is 19.0 Å². The van der Waals surface area contributed by atoms with Crippen LogP contribution in [0.25, 0.3) is 11.0 Å². The van der Waals surface area contributed by atoms with E-state index in [4.69, 9.17) is 20.8 Å². The number of halogens is 2. The third-order valence-electron chi connectivity index (χ3n) is 4.68. The fourth-order valence-corrected chi connectivity index (χ4v) is 3.48. The Balaban J connectivity index is 0.00000210. The summed E-state index contributed by atoms with van der Waals surface area (Å²) in [4.78, 5) is 16.9. The maximum absolute atomic E-state index is 12.8. The molecule has 1 aliphatic rings. The van der Waals surface area contributed by atoms with Crippen LogP contribution in [0.1, 0.15) is 10.6 Å². The minimum atomic E-state index is -0.0889. The fourth-order valence-electron chi connectivity index (χ4n) is 3.30. The van der Waals surface area contributed by atoms with E-state index in [1.165, 1.54) is 0 Å². The van der Waals surface area contributed by atoms with Gasteiger partial charge in [0, 0.05) is 42.3 Å². The van der Waals surface area contributed by atoms with Gasteiger partial charge in [0.25, 0.3) is 5.91 Å². The molecule has 0 radical (unpaired) electrons. The number of hydrogen-bond acceptors (Lipinski definition) is 4. The lowest BCUT2D eigenvalue weighted by molar-refractivity contribution is 0.0717. The third-order valence-corrected chi connectivity index (χ3v) is 4.91. The Labute approximate surface area is 168 Å². The number of rotatable bonds is 3. The Morgan fingerprint density at radius 2 is 1.81 bits per heavy atom. The van der Waals surface area contributed by atoms with Gasteiger partial charge in [0.05, 0.1) is 7.11 Å². The lowest BCUT2D eigenvalue weighted by Gasteiger charge is -2.35. The predicted molar refractivity (Wildman–Crippen MR) is 110 cm³/mol. The number of para-hydroxylation sites is 1. The number of carbonyl (C=O) groups excluding carboxylic acids is 1. The van der Waals surface area contributed by atoms with Gasteiger partial charge in [0.1, 0.15) is 0 Å². The fraction of sp³-hybridized carbons (Fsp3) is 0.250. The highest BCUT2D eigenvalue weighted by Gasteiger charge is 2.25. The van der Waals surface area contributed by atoms with Crippen molar-refractivity contribution in [1.82, 2.24) is 4.90 Å². The highest BCUT2D eigenvalue weighted by atomic mass is 35.5. The zero-order valence-electron chi connectivity index (χ0n) is 14.9. The van der Waals surface area contributed by atoms with E-state index in [9.17, 15) is 4.79 Å². The van der Waals surface area contributed by atoms with Gasteiger partial charge in [-0.2, -0.15) is 0 Å². The maximum atomic E-state index is 12.8. The number of hydrogen-bond donors (Lipinski definition) is 0. The number of carbonyl (C=O) groups is 1. The molecule has 1 aromatic heterocycles. The van der Waals surface area contributed by atoms with E-state index in [0.29, 0.717) is 30.2 Å². The molecule has 5 nitrogen and oxygen atoms in total. The normalized spacial score (nSPS) is 14.1. The van der Waals surface area contributed by atoms with E-state index in [1.54, 1.807) is 13.2 Å². The van der Waals surface area contributed by atoms with Crippen molar-refractivity contribution in [2.45, 2.75) is 0 Å². The number of piperazine rings is 1. The van der Waals surface area contributed by atoms with Crippen molar-refractivity contribution in [3.63, 3.8) is 0 Å². The standard InChI is InChI=1S/C20H19ClN2O3.ClH/c1-25-17-7-2-4-14-12-18(26-19(14)17)20(24)23-10-8-22(9-11-23)16-6-3-5-15(21)13-16;/h2-7,12-13H,8-11H2,1H3;1H. The summed E-state index contributed by atoms with van der Waals surface area (Å²) in [5, 5.41) is 1.59. The largest absolute Gasteiger partial charge is 0.493 e. The first-order valence-electron chi connectivity index (χ1n) is 8.52. The number of anilines is 1. The first-order chi connectivity index (χ1) is 12.7. The summed E-state index contributed by atoms with van der Waals surface area (Å²) in [7, 11) is 1.59. The number of benzene rings is 2. The molecule has 0 unspecified atom stereocenters. The van der Waals surface area contributed by atoms with Crippen LogP contribution in [0, 0.1) is 0 Å². The monoisotopic (exact) mass is 406 g/mol. The molecule has 7 heteroatoms. The second kappa shape index (κ2) is 8.11. The van der Waals surface area contributed by atoms with Crippen LogP contribution in [0.2, 0.25) is 5.02 Å². The highest BCUT2D eigenvalue weighted by Crippen LogP contribution is 2.29. The molecule has 1 fully saturated rings. The molecule has 0 aliphatic carbocycles. The molecule has 2 aromatic carbocycles. The molecule has 1 aliphatic heterocycles. The minimum absolute atomic E-state index is 0. The third kappa shape index (κ3) is 3.84. The van der Waals surface area contributed by atoms with Crippen LogP contribution in [0.5, 0.6) is 5.75 Å². The van der Waals surface area contributed by atoms with Crippen molar-refractivity contribution in [3.8, 4) is 5.75 Å². The first-order valence-corrected chi connectivity index (χ1v) is 8.90. The van der Waals surface area contributed by atoms with Crippen molar-refractivity contribution in [2.75, 3.05) is 38.2 Å².